The number of cyclic esters (lactones) is 1. The molecule has 3 amide bonds. The normalized spacial score (nSPS) is 38.0. The van der Waals surface area contributed by atoms with E-state index < -0.39 is 41.8 Å². The van der Waals surface area contributed by atoms with Crippen LogP contribution < -0.4 is 0 Å². The van der Waals surface area contributed by atoms with Crippen LogP contribution in [0.4, 0.5) is 4.79 Å². The molecule has 124 valence electrons. The first-order chi connectivity index (χ1) is 11.0. The Kier molecular flexibility index (Phi) is 2.93. The van der Waals surface area contributed by atoms with Crippen molar-refractivity contribution < 1.29 is 33.4 Å². The van der Waals surface area contributed by atoms with Gasteiger partial charge >= 0.3 is 12.1 Å². The highest BCUT2D eigenvalue weighted by atomic mass is 16.6. The molecule has 2 bridgehead atoms. The maximum absolute atomic E-state index is 12.9. The molecule has 4 heterocycles. The van der Waals surface area contributed by atoms with Crippen molar-refractivity contribution in [1.82, 2.24) is 9.80 Å². The largest absolute Gasteiger partial charge is 0.458 e. The lowest BCUT2D eigenvalue weighted by Crippen LogP contribution is -2.60. The van der Waals surface area contributed by atoms with Gasteiger partial charge in [0.05, 0.1) is 6.54 Å². The van der Waals surface area contributed by atoms with Crippen LogP contribution in [0.25, 0.3) is 0 Å². The molecule has 23 heavy (non-hydrogen) atoms. The summed E-state index contributed by atoms with van der Waals surface area (Å²) in [7, 11) is 0. The van der Waals surface area contributed by atoms with E-state index in [4.69, 9.17) is 14.2 Å². The van der Waals surface area contributed by atoms with Gasteiger partial charge in [-0.05, 0) is 12.8 Å². The SMILES string of the molecule is CC(=O)O[C@@H]1[C@H]2O[C@@]3(CCCN3C2=O)[C@H]1C(=O)N1CCOC1=O. The molecule has 0 aromatic rings. The van der Waals surface area contributed by atoms with Gasteiger partial charge in [0.15, 0.2) is 17.9 Å². The summed E-state index contributed by atoms with van der Waals surface area (Å²) < 4.78 is 15.9. The minimum Gasteiger partial charge on any atom is -0.458 e. The third-order valence-electron chi connectivity index (χ3n) is 4.92. The predicted molar refractivity (Wildman–Crippen MR) is 70.7 cm³/mol. The van der Waals surface area contributed by atoms with Crippen LogP contribution in [0, 0.1) is 5.92 Å². The highest BCUT2D eigenvalue weighted by molar-refractivity contribution is 5.98. The summed E-state index contributed by atoms with van der Waals surface area (Å²) >= 11 is 0. The van der Waals surface area contributed by atoms with Gasteiger partial charge in [-0.15, -0.1) is 0 Å². The molecule has 4 aliphatic rings. The fraction of sp³-hybridized carbons (Fsp3) is 0.714. The van der Waals surface area contributed by atoms with Gasteiger partial charge in [0.1, 0.15) is 12.5 Å². The molecule has 0 aliphatic carbocycles. The molecule has 9 heteroatoms. The van der Waals surface area contributed by atoms with Crippen molar-refractivity contribution in [3.8, 4) is 0 Å². The predicted octanol–water partition coefficient (Wildman–Crippen LogP) is -0.756. The molecule has 4 fully saturated rings. The summed E-state index contributed by atoms with van der Waals surface area (Å²) in [4.78, 5) is 50.9. The first-order valence-electron chi connectivity index (χ1n) is 7.60. The molecule has 0 unspecified atom stereocenters. The first-order valence-corrected chi connectivity index (χ1v) is 7.60. The summed E-state index contributed by atoms with van der Waals surface area (Å²) in [5, 5.41) is 0. The zero-order chi connectivity index (χ0) is 16.4. The van der Waals surface area contributed by atoms with Crippen molar-refractivity contribution >= 4 is 23.9 Å². The van der Waals surface area contributed by atoms with Gasteiger partial charge in [0.2, 0.25) is 5.91 Å². The summed E-state index contributed by atoms with van der Waals surface area (Å²) in [6.45, 7) is 1.99. The number of ether oxygens (including phenoxy) is 3. The third kappa shape index (κ3) is 1.76. The van der Waals surface area contributed by atoms with Crippen LogP contribution in [-0.2, 0) is 28.6 Å². The highest BCUT2D eigenvalue weighted by Gasteiger charge is 2.73. The molecular formula is C14H16N2O7. The molecule has 0 N–H and O–H groups in total. The minimum absolute atomic E-state index is 0.134. The van der Waals surface area contributed by atoms with Crippen LogP contribution in [0.2, 0.25) is 0 Å². The van der Waals surface area contributed by atoms with E-state index in [1.54, 1.807) is 4.90 Å². The highest BCUT2D eigenvalue weighted by Crippen LogP contribution is 2.53. The molecule has 0 aromatic heterocycles. The van der Waals surface area contributed by atoms with Crippen LogP contribution in [0.1, 0.15) is 19.8 Å². The topological polar surface area (TPSA) is 102 Å². The Hall–Kier alpha value is -2.16. The van der Waals surface area contributed by atoms with Crippen molar-refractivity contribution in [2.75, 3.05) is 19.7 Å². The number of piperidine rings is 1. The Morgan fingerprint density at radius 2 is 2.09 bits per heavy atom. The lowest BCUT2D eigenvalue weighted by atomic mass is 9.84. The summed E-state index contributed by atoms with van der Waals surface area (Å²) in [6.07, 6.45) is -1.53. The number of hydrogen-bond acceptors (Lipinski definition) is 7. The van der Waals surface area contributed by atoms with E-state index in [0.29, 0.717) is 19.4 Å². The fourth-order valence-corrected chi connectivity index (χ4v) is 4.11. The van der Waals surface area contributed by atoms with Crippen LogP contribution >= 0.6 is 0 Å². The van der Waals surface area contributed by atoms with Gasteiger partial charge in [-0.1, -0.05) is 0 Å². The molecule has 4 rings (SSSR count). The second kappa shape index (κ2) is 4.67. The van der Waals surface area contributed by atoms with Crippen molar-refractivity contribution in [2.24, 2.45) is 5.92 Å². The van der Waals surface area contributed by atoms with E-state index in [1.807, 2.05) is 0 Å². The second-order valence-corrected chi connectivity index (χ2v) is 6.13. The van der Waals surface area contributed by atoms with Crippen LogP contribution in [0.5, 0.6) is 0 Å². The van der Waals surface area contributed by atoms with Gasteiger partial charge in [-0.25, -0.2) is 9.69 Å². The lowest BCUT2D eigenvalue weighted by Gasteiger charge is -2.38. The zero-order valence-electron chi connectivity index (χ0n) is 12.5. The Balaban J connectivity index is 1.72. The number of carbonyl (C=O) groups excluding carboxylic acids is 4. The number of esters is 1. The zero-order valence-corrected chi connectivity index (χ0v) is 12.5. The summed E-state index contributed by atoms with van der Waals surface area (Å²) in [6, 6.07) is 0. The van der Waals surface area contributed by atoms with E-state index in [2.05, 4.69) is 0 Å². The average Bonchev–Trinajstić information content (AvgIpc) is 3.20. The standard InChI is InChI=1S/C14H16N2O7/c1-7(17)22-9-8(11(18)15-5-6-21-13(15)20)14-3-2-4-16(14)12(19)10(9)23-14/h8-10H,2-6H2,1H3/t8-,9+,10-,14+/m1/s1. The van der Waals surface area contributed by atoms with Crippen LogP contribution in [0.15, 0.2) is 0 Å². The maximum atomic E-state index is 12.9. The molecule has 4 saturated heterocycles. The van der Waals surface area contributed by atoms with Crippen molar-refractivity contribution in [3.63, 3.8) is 0 Å². The van der Waals surface area contributed by atoms with Gasteiger partial charge in [-0.3, -0.25) is 14.4 Å². The monoisotopic (exact) mass is 324 g/mol. The molecule has 0 aromatic carbocycles. The van der Waals surface area contributed by atoms with E-state index in [0.717, 1.165) is 4.90 Å². The van der Waals surface area contributed by atoms with E-state index in [-0.39, 0.29) is 19.1 Å². The molecule has 4 aliphatic heterocycles. The number of amides is 3. The third-order valence-corrected chi connectivity index (χ3v) is 4.92. The molecule has 0 radical (unpaired) electrons. The fourth-order valence-electron chi connectivity index (χ4n) is 4.11. The maximum Gasteiger partial charge on any atom is 0.416 e. The van der Waals surface area contributed by atoms with Crippen molar-refractivity contribution in [3.05, 3.63) is 0 Å². The first kappa shape index (κ1) is 14.4. The number of fused-ring (bicyclic) bond motifs is 1. The Morgan fingerprint density at radius 3 is 2.74 bits per heavy atom. The molecule has 4 atom stereocenters. The number of rotatable bonds is 2. The average molecular weight is 324 g/mol. The smallest absolute Gasteiger partial charge is 0.416 e. The Labute approximate surface area is 131 Å². The number of hydrogen-bond donors (Lipinski definition) is 0. The van der Waals surface area contributed by atoms with Gasteiger partial charge < -0.3 is 19.1 Å². The van der Waals surface area contributed by atoms with E-state index in [9.17, 15) is 19.2 Å². The molecule has 9 nitrogen and oxygen atoms in total. The van der Waals surface area contributed by atoms with Crippen LogP contribution in [0.3, 0.4) is 0 Å². The van der Waals surface area contributed by atoms with Gasteiger partial charge in [0.25, 0.3) is 5.91 Å². The second-order valence-electron chi connectivity index (χ2n) is 6.13. The number of nitrogens with zero attached hydrogens (tertiary/aromatic N) is 2. The van der Waals surface area contributed by atoms with E-state index >= 15 is 0 Å². The quantitative estimate of drug-likeness (QED) is 0.615. The van der Waals surface area contributed by atoms with Gasteiger partial charge in [-0.2, -0.15) is 0 Å². The van der Waals surface area contributed by atoms with E-state index in [1.165, 1.54) is 6.92 Å². The lowest BCUT2D eigenvalue weighted by molar-refractivity contribution is -0.163. The van der Waals surface area contributed by atoms with Gasteiger partial charge in [0, 0.05) is 13.5 Å². The molecule has 0 saturated carbocycles. The summed E-state index contributed by atoms with van der Waals surface area (Å²) in [5.41, 5.74) is -1.11. The Morgan fingerprint density at radius 1 is 1.30 bits per heavy atom. The van der Waals surface area contributed by atoms with Crippen LogP contribution in [-0.4, -0.2) is 71.3 Å². The molecular weight excluding hydrogens is 308 g/mol. The van der Waals surface area contributed by atoms with Crippen molar-refractivity contribution in [1.29, 1.82) is 0 Å². The number of imide groups is 1. The minimum atomic E-state index is -1.11. The Bertz CT molecular complexity index is 620. The molecule has 1 spiro atoms. The van der Waals surface area contributed by atoms with Crippen molar-refractivity contribution in [2.45, 2.75) is 37.7 Å². The number of carbonyl (C=O) groups is 4. The summed E-state index contributed by atoms with van der Waals surface area (Å²) in [5.74, 6) is -2.27.